The maximum absolute atomic E-state index is 13.5. The van der Waals surface area contributed by atoms with Gasteiger partial charge in [-0.05, 0) is 41.0 Å². The van der Waals surface area contributed by atoms with E-state index in [4.69, 9.17) is 27.9 Å². The Kier molecular flexibility index (Phi) is 8.75. The Hall–Kier alpha value is -3.02. The molecule has 0 fully saturated rings. The molecule has 1 unspecified atom stereocenters. The van der Waals surface area contributed by atoms with E-state index in [0.29, 0.717) is 10.0 Å². The van der Waals surface area contributed by atoms with Crippen molar-refractivity contribution in [2.45, 2.75) is 32.5 Å². The Bertz CT molecular complexity index is 1090. The second-order valence-corrected chi connectivity index (χ2v) is 8.33. The van der Waals surface area contributed by atoms with Crippen molar-refractivity contribution < 1.29 is 14.3 Å². The van der Waals surface area contributed by atoms with E-state index in [-0.39, 0.29) is 31.3 Å². The lowest BCUT2D eigenvalue weighted by atomic mass is 10.0. The molecule has 0 aromatic heterocycles. The summed E-state index contributed by atoms with van der Waals surface area (Å²) >= 11 is 12.2. The molecule has 0 bridgehead atoms. The molecule has 3 aromatic carbocycles. The first-order chi connectivity index (χ1) is 15.9. The van der Waals surface area contributed by atoms with Gasteiger partial charge in [0.25, 0.3) is 0 Å². The molecular formula is C26H26Cl2N2O3. The number of hydrogen-bond acceptors (Lipinski definition) is 3. The summed E-state index contributed by atoms with van der Waals surface area (Å²) in [6.07, 6.45) is 0.274. The van der Waals surface area contributed by atoms with Crippen molar-refractivity contribution in [3.8, 4) is 5.75 Å². The minimum absolute atomic E-state index is 0.126. The monoisotopic (exact) mass is 484 g/mol. The Balaban J connectivity index is 1.90. The molecule has 3 rings (SSSR count). The van der Waals surface area contributed by atoms with Crippen LogP contribution in [0.3, 0.4) is 0 Å². The molecule has 1 atom stereocenters. The van der Waals surface area contributed by atoms with E-state index in [9.17, 15) is 9.59 Å². The molecule has 5 nitrogen and oxygen atoms in total. The third kappa shape index (κ3) is 6.50. The highest BCUT2D eigenvalue weighted by Gasteiger charge is 2.30. The second-order valence-electron chi connectivity index (χ2n) is 7.49. The van der Waals surface area contributed by atoms with Crippen LogP contribution in [0.25, 0.3) is 0 Å². The zero-order chi connectivity index (χ0) is 23.8. The average molecular weight is 485 g/mol. The van der Waals surface area contributed by atoms with Crippen LogP contribution in [-0.4, -0.2) is 23.8 Å². The van der Waals surface area contributed by atoms with Crippen LogP contribution in [-0.2, 0) is 22.7 Å². The van der Waals surface area contributed by atoms with Gasteiger partial charge in [-0.15, -0.1) is 0 Å². The van der Waals surface area contributed by atoms with E-state index >= 15 is 0 Å². The topological polar surface area (TPSA) is 58.6 Å². The number of nitrogens with one attached hydrogen (secondary N) is 1. The van der Waals surface area contributed by atoms with E-state index in [0.717, 1.165) is 22.4 Å². The number of hydrogen-bond donors (Lipinski definition) is 1. The lowest BCUT2D eigenvalue weighted by Crippen LogP contribution is -2.43. The van der Waals surface area contributed by atoms with Gasteiger partial charge in [-0.25, -0.2) is 0 Å². The van der Waals surface area contributed by atoms with E-state index in [1.165, 1.54) is 0 Å². The molecule has 0 aliphatic carbocycles. The van der Waals surface area contributed by atoms with Crippen LogP contribution in [0, 0.1) is 0 Å². The summed E-state index contributed by atoms with van der Waals surface area (Å²) in [6, 6.07) is 21.1. The summed E-state index contributed by atoms with van der Waals surface area (Å²) in [5.74, 6) is 0.311. The molecule has 0 saturated carbocycles. The highest BCUT2D eigenvalue weighted by Crippen LogP contribution is 2.26. The Morgan fingerprint density at radius 3 is 2.30 bits per heavy atom. The predicted molar refractivity (Wildman–Crippen MR) is 131 cm³/mol. The summed E-state index contributed by atoms with van der Waals surface area (Å²) in [6.45, 7) is 2.29. The molecule has 0 aliphatic rings. The summed E-state index contributed by atoms with van der Waals surface area (Å²) in [5, 5.41) is 3.94. The smallest absolute Gasteiger partial charge is 0.247 e. The highest BCUT2D eigenvalue weighted by atomic mass is 35.5. The van der Waals surface area contributed by atoms with E-state index in [2.05, 4.69) is 5.32 Å². The van der Waals surface area contributed by atoms with Gasteiger partial charge in [0.2, 0.25) is 11.8 Å². The first-order valence-corrected chi connectivity index (χ1v) is 11.4. The second kappa shape index (κ2) is 11.7. The Morgan fingerprint density at radius 2 is 1.70 bits per heavy atom. The van der Waals surface area contributed by atoms with Crippen molar-refractivity contribution in [3.05, 3.63) is 99.5 Å². The van der Waals surface area contributed by atoms with Crippen LogP contribution in [0.2, 0.25) is 10.0 Å². The predicted octanol–water partition coefficient (Wildman–Crippen LogP) is 5.80. The number of rotatable bonds is 9. The number of halogens is 2. The van der Waals surface area contributed by atoms with Crippen molar-refractivity contribution in [2.75, 3.05) is 7.11 Å². The third-order valence-corrected chi connectivity index (χ3v) is 5.87. The molecule has 2 amide bonds. The fourth-order valence-corrected chi connectivity index (χ4v) is 3.98. The fraction of sp³-hybridized carbons (Fsp3) is 0.231. The summed E-state index contributed by atoms with van der Waals surface area (Å²) in [4.78, 5) is 28.1. The van der Waals surface area contributed by atoms with Crippen LogP contribution in [0.4, 0.5) is 0 Å². The van der Waals surface area contributed by atoms with Gasteiger partial charge in [-0.1, -0.05) is 78.7 Å². The van der Waals surface area contributed by atoms with Crippen molar-refractivity contribution in [3.63, 3.8) is 0 Å². The molecular weight excluding hydrogens is 459 g/mol. The zero-order valence-electron chi connectivity index (χ0n) is 18.6. The third-order valence-electron chi connectivity index (χ3n) is 5.28. The molecule has 0 spiro atoms. The SMILES string of the molecule is CCC(=O)N(Cc1ccc(OC)cc1)C(C(=O)NCc1ccc(Cl)cc1Cl)c1ccccc1. The molecule has 0 heterocycles. The van der Waals surface area contributed by atoms with Crippen molar-refractivity contribution in [2.24, 2.45) is 0 Å². The molecule has 0 saturated heterocycles. The lowest BCUT2D eigenvalue weighted by molar-refractivity contribution is -0.141. The van der Waals surface area contributed by atoms with E-state index < -0.39 is 6.04 Å². The van der Waals surface area contributed by atoms with Crippen molar-refractivity contribution in [1.29, 1.82) is 0 Å². The van der Waals surface area contributed by atoms with Crippen LogP contribution >= 0.6 is 23.2 Å². The Labute approximate surface area is 204 Å². The normalized spacial score (nSPS) is 11.5. The number of carbonyl (C=O) groups excluding carboxylic acids is 2. The van der Waals surface area contributed by atoms with Crippen LogP contribution in [0.1, 0.15) is 36.1 Å². The van der Waals surface area contributed by atoms with Crippen LogP contribution in [0.5, 0.6) is 5.75 Å². The molecule has 172 valence electrons. The molecule has 33 heavy (non-hydrogen) atoms. The van der Waals surface area contributed by atoms with Gasteiger partial charge < -0.3 is 15.0 Å². The van der Waals surface area contributed by atoms with Gasteiger partial charge >= 0.3 is 0 Å². The van der Waals surface area contributed by atoms with E-state index in [1.54, 1.807) is 37.1 Å². The maximum Gasteiger partial charge on any atom is 0.247 e. The number of methoxy groups -OCH3 is 1. The molecule has 0 aliphatic heterocycles. The van der Waals surface area contributed by atoms with Gasteiger partial charge in [-0.3, -0.25) is 9.59 Å². The minimum Gasteiger partial charge on any atom is -0.497 e. The fourth-order valence-electron chi connectivity index (χ4n) is 3.51. The molecule has 7 heteroatoms. The summed E-state index contributed by atoms with van der Waals surface area (Å²) < 4.78 is 5.23. The number of nitrogens with zero attached hydrogens (tertiary/aromatic N) is 1. The largest absolute Gasteiger partial charge is 0.497 e. The van der Waals surface area contributed by atoms with Crippen molar-refractivity contribution in [1.82, 2.24) is 10.2 Å². The van der Waals surface area contributed by atoms with Crippen molar-refractivity contribution >= 4 is 35.0 Å². The Morgan fingerprint density at radius 1 is 1.00 bits per heavy atom. The maximum atomic E-state index is 13.5. The first-order valence-electron chi connectivity index (χ1n) is 10.6. The highest BCUT2D eigenvalue weighted by molar-refractivity contribution is 6.35. The van der Waals surface area contributed by atoms with Gasteiger partial charge in [0.05, 0.1) is 7.11 Å². The van der Waals surface area contributed by atoms with Gasteiger partial charge in [0.15, 0.2) is 0 Å². The molecule has 0 radical (unpaired) electrons. The first kappa shape index (κ1) is 24.6. The van der Waals surface area contributed by atoms with Crippen LogP contribution in [0.15, 0.2) is 72.8 Å². The summed E-state index contributed by atoms with van der Waals surface area (Å²) in [7, 11) is 1.60. The standard InChI is InChI=1S/C26H26Cl2N2O3/c1-3-24(31)30(17-18-9-13-22(33-2)14-10-18)25(19-7-5-4-6-8-19)26(32)29-16-20-11-12-21(27)15-23(20)28/h4-15,25H,3,16-17H2,1-2H3,(H,29,32). The molecule has 3 aromatic rings. The van der Waals surface area contributed by atoms with Gasteiger partial charge in [0, 0.05) is 29.6 Å². The van der Waals surface area contributed by atoms with E-state index in [1.807, 2.05) is 54.6 Å². The lowest BCUT2D eigenvalue weighted by Gasteiger charge is -2.31. The number of amides is 2. The van der Waals surface area contributed by atoms with Crippen LogP contribution < -0.4 is 10.1 Å². The summed E-state index contributed by atoms with van der Waals surface area (Å²) in [5.41, 5.74) is 2.37. The number of ether oxygens (including phenoxy) is 1. The average Bonchev–Trinajstić information content (AvgIpc) is 2.83. The van der Waals surface area contributed by atoms with Gasteiger partial charge in [0.1, 0.15) is 11.8 Å². The van der Waals surface area contributed by atoms with Gasteiger partial charge in [-0.2, -0.15) is 0 Å². The number of benzene rings is 3. The quantitative estimate of drug-likeness (QED) is 0.417. The zero-order valence-corrected chi connectivity index (χ0v) is 20.1. The molecule has 1 N–H and O–H groups in total. The number of carbonyl (C=O) groups is 2. The minimum atomic E-state index is -0.799.